The van der Waals surface area contributed by atoms with Crippen LogP contribution in [0.5, 0.6) is 5.75 Å². The van der Waals surface area contributed by atoms with Gasteiger partial charge in [0.1, 0.15) is 18.4 Å². The number of nitriles is 1. The van der Waals surface area contributed by atoms with E-state index in [1.165, 1.54) is 30.5 Å². The zero-order chi connectivity index (χ0) is 27.1. The molecule has 0 heterocycles. The van der Waals surface area contributed by atoms with Crippen molar-refractivity contribution >= 4 is 39.4 Å². The average Bonchev–Trinajstić information content (AvgIpc) is 2.87. The maximum atomic E-state index is 13.4. The first kappa shape index (κ1) is 27.5. The number of nitrogens with one attached hydrogen (secondary N) is 1. The Balaban J connectivity index is 1.85. The first-order valence-electron chi connectivity index (χ1n) is 10.4. The summed E-state index contributed by atoms with van der Waals surface area (Å²) < 4.78 is 72.5. The van der Waals surface area contributed by atoms with Crippen LogP contribution in [0.15, 0.2) is 82.8 Å². The first-order chi connectivity index (χ1) is 17.5. The highest BCUT2D eigenvalue weighted by atomic mass is 35.5. The molecule has 0 atom stereocenters. The molecule has 0 radical (unpaired) electrons. The molecule has 3 aromatic carbocycles. The monoisotopic (exact) mass is 550 g/mol. The first-order valence-corrected chi connectivity index (χ1v) is 12.2. The van der Waals surface area contributed by atoms with Crippen LogP contribution < -0.4 is 14.5 Å². The van der Waals surface area contributed by atoms with Crippen LogP contribution >= 0.6 is 11.6 Å². The molecule has 0 aliphatic heterocycles. The summed E-state index contributed by atoms with van der Waals surface area (Å²) in [6, 6.07) is 17.7. The number of anilines is 1. The lowest BCUT2D eigenvalue weighted by atomic mass is 10.2. The number of amides is 1. The number of ether oxygens (including phenoxy) is 1. The Labute approximate surface area is 215 Å². The second-order valence-electron chi connectivity index (χ2n) is 7.30. The smallest absolute Gasteiger partial charge is 0.417 e. The Bertz CT molecular complexity index is 1430. The third kappa shape index (κ3) is 7.22. The van der Waals surface area contributed by atoms with E-state index in [1.807, 2.05) is 6.07 Å². The van der Waals surface area contributed by atoms with Crippen LogP contribution in [0.4, 0.5) is 18.9 Å². The molecule has 0 saturated carbocycles. The van der Waals surface area contributed by atoms with E-state index < -0.39 is 44.9 Å². The Morgan fingerprint density at radius 1 is 1.11 bits per heavy atom. The van der Waals surface area contributed by atoms with E-state index >= 15 is 0 Å². The van der Waals surface area contributed by atoms with Crippen LogP contribution in [0.3, 0.4) is 0 Å². The largest absolute Gasteiger partial charge is 0.479 e. The van der Waals surface area contributed by atoms with Crippen molar-refractivity contribution in [3.63, 3.8) is 0 Å². The Kier molecular flexibility index (Phi) is 8.75. The Morgan fingerprint density at radius 3 is 2.41 bits per heavy atom. The third-order valence-corrected chi connectivity index (χ3v) is 6.87. The second-order valence-corrected chi connectivity index (χ2v) is 9.57. The van der Waals surface area contributed by atoms with Crippen molar-refractivity contribution in [2.45, 2.75) is 11.1 Å². The number of hydrazone groups is 1. The van der Waals surface area contributed by atoms with Gasteiger partial charge in [0.05, 0.1) is 27.4 Å². The number of alkyl halides is 3. The fourth-order valence-corrected chi connectivity index (χ4v) is 4.69. The number of benzene rings is 3. The summed E-state index contributed by atoms with van der Waals surface area (Å²) >= 11 is 5.68. The van der Waals surface area contributed by atoms with Crippen molar-refractivity contribution in [2.75, 3.05) is 17.5 Å². The van der Waals surface area contributed by atoms with Crippen LogP contribution in [0.25, 0.3) is 0 Å². The van der Waals surface area contributed by atoms with E-state index in [-0.39, 0.29) is 11.5 Å². The van der Waals surface area contributed by atoms with Crippen molar-refractivity contribution in [1.82, 2.24) is 5.43 Å². The fourth-order valence-electron chi connectivity index (χ4n) is 3.03. The minimum absolute atomic E-state index is 0.121. The van der Waals surface area contributed by atoms with Crippen molar-refractivity contribution in [3.05, 3.63) is 88.9 Å². The summed E-state index contributed by atoms with van der Waals surface area (Å²) in [4.78, 5) is 12.4. The van der Waals surface area contributed by atoms with Crippen LogP contribution in [0.2, 0.25) is 5.02 Å². The predicted octanol–water partition coefficient (Wildman–Crippen LogP) is 4.61. The summed E-state index contributed by atoms with van der Waals surface area (Å²) in [5, 5.41) is 11.7. The molecule has 0 saturated heterocycles. The van der Waals surface area contributed by atoms with E-state index in [9.17, 15) is 26.4 Å². The van der Waals surface area contributed by atoms with Gasteiger partial charge in [0.25, 0.3) is 15.9 Å². The van der Waals surface area contributed by atoms with Crippen molar-refractivity contribution < 1.29 is 31.1 Å². The molecule has 0 bridgehead atoms. The number of hydrogen-bond donors (Lipinski definition) is 1. The minimum Gasteiger partial charge on any atom is -0.479 e. The molecule has 0 fully saturated rings. The lowest BCUT2D eigenvalue weighted by Crippen LogP contribution is -2.39. The van der Waals surface area contributed by atoms with Gasteiger partial charge in [-0.15, -0.1) is 0 Å². The van der Waals surface area contributed by atoms with Gasteiger partial charge in [-0.3, -0.25) is 9.10 Å². The highest BCUT2D eigenvalue weighted by Crippen LogP contribution is 2.38. The fraction of sp³-hybridized carbons (Fsp3) is 0.125. The lowest BCUT2D eigenvalue weighted by Gasteiger charge is -2.24. The van der Waals surface area contributed by atoms with Crippen LogP contribution in [0.1, 0.15) is 11.1 Å². The Morgan fingerprint density at radius 2 is 1.78 bits per heavy atom. The van der Waals surface area contributed by atoms with Crippen LogP contribution in [-0.2, 0) is 21.0 Å². The lowest BCUT2D eigenvalue weighted by molar-refractivity contribution is -0.137. The summed E-state index contributed by atoms with van der Waals surface area (Å²) in [6.07, 6.45) is -3.58. The molecule has 8 nitrogen and oxygen atoms in total. The highest BCUT2D eigenvalue weighted by Gasteiger charge is 2.35. The molecule has 0 aliphatic carbocycles. The molecular weight excluding hydrogens is 533 g/mol. The molecular formula is C24H18ClF3N4O4S. The van der Waals surface area contributed by atoms with Gasteiger partial charge < -0.3 is 4.74 Å². The molecule has 37 heavy (non-hydrogen) atoms. The topological polar surface area (TPSA) is 112 Å². The van der Waals surface area contributed by atoms with Gasteiger partial charge in [0.15, 0.2) is 6.61 Å². The number of hydrogen-bond acceptors (Lipinski definition) is 6. The molecule has 0 unspecified atom stereocenters. The number of carbonyl (C=O) groups is 1. The number of nitrogens with zero attached hydrogens (tertiary/aromatic N) is 3. The summed E-state index contributed by atoms with van der Waals surface area (Å²) in [6.45, 7) is -0.988. The van der Waals surface area contributed by atoms with Gasteiger partial charge in [-0.05, 0) is 60.2 Å². The standard InChI is InChI=1S/C24H18ClF3N4O4S/c25-22-11-8-18(14-21(22)24(26,27)28)32(37(34,35)20-4-2-1-3-5-20)16-23(33)31-30-15-17-6-9-19(10-7-17)36-13-12-29/h1-11,14-15H,13,16H2,(H,31,33). The molecule has 192 valence electrons. The Hall–Kier alpha value is -4.08. The molecule has 1 N–H and O–H groups in total. The number of carbonyl (C=O) groups excluding carboxylic acids is 1. The quantitative estimate of drug-likeness (QED) is 0.309. The predicted molar refractivity (Wildman–Crippen MR) is 131 cm³/mol. The average molecular weight is 551 g/mol. The molecule has 1 amide bonds. The summed E-state index contributed by atoms with van der Waals surface area (Å²) in [5.41, 5.74) is 1.05. The normalized spacial score (nSPS) is 11.6. The number of sulfonamides is 1. The highest BCUT2D eigenvalue weighted by molar-refractivity contribution is 7.92. The van der Waals surface area contributed by atoms with E-state index in [0.29, 0.717) is 21.7 Å². The van der Waals surface area contributed by atoms with Crippen molar-refractivity contribution in [2.24, 2.45) is 5.10 Å². The van der Waals surface area contributed by atoms with Gasteiger partial charge >= 0.3 is 6.18 Å². The van der Waals surface area contributed by atoms with Crippen LogP contribution in [0, 0.1) is 11.3 Å². The zero-order valence-electron chi connectivity index (χ0n) is 18.8. The molecule has 13 heteroatoms. The number of halogens is 4. The van der Waals surface area contributed by atoms with E-state index in [4.69, 9.17) is 21.6 Å². The van der Waals surface area contributed by atoms with Gasteiger partial charge in [0, 0.05) is 0 Å². The molecule has 0 aromatic heterocycles. The summed E-state index contributed by atoms with van der Waals surface area (Å²) in [7, 11) is -4.44. The zero-order valence-corrected chi connectivity index (χ0v) is 20.4. The van der Waals surface area contributed by atoms with Crippen molar-refractivity contribution in [1.29, 1.82) is 5.26 Å². The van der Waals surface area contributed by atoms with Gasteiger partial charge in [-0.2, -0.15) is 23.5 Å². The van der Waals surface area contributed by atoms with E-state index in [0.717, 1.165) is 12.1 Å². The van der Waals surface area contributed by atoms with Gasteiger partial charge in [-0.25, -0.2) is 13.8 Å². The van der Waals surface area contributed by atoms with Crippen molar-refractivity contribution in [3.8, 4) is 11.8 Å². The van der Waals surface area contributed by atoms with Gasteiger partial charge in [0.2, 0.25) is 0 Å². The second kappa shape index (κ2) is 11.8. The molecule has 0 spiro atoms. The molecule has 0 aliphatic rings. The third-order valence-electron chi connectivity index (χ3n) is 4.75. The molecule has 3 aromatic rings. The maximum Gasteiger partial charge on any atom is 0.417 e. The number of rotatable bonds is 9. The summed E-state index contributed by atoms with van der Waals surface area (Å²) in [5.74, 6) is -0.459. The minimum atomic E-state index is -4.85. The van der Waals surface area contributed by atoms with E-state index in [1.54, 1.807) is 30.3 Å². The van der Waals surface area contributed by atoms with Crippen LogP contribution in [-0.4, -0.2) is 33.7 Å². The SMILES string of the molecule is N#CCOc1ccc(C=NNC(=O)CN(c2ccc(Cl)c(C(F)(F)F)c2)S(=O)(=O)c2ccccc2)cc1. The van der Waals surface area contributed by atoms with Gasteiger partial charge in [-0.1, -0.05) is 29.8 Å². The maximum absolute atomic E-state index is 13.4. The van der Waals surface area contributed by atoms with E-state index in [2.05, 4.69) is 10.5 Å². The molecule has 3 rings (SSSR count).